The van der Waals surface area contributed by atoms with Crippen molar-refractivity contribution in [1.82, 2.24) is 5.43 Å². The maximum absolute atomic E-state index is 6.19. The molecule has 0 aliphatic rings. The summed E-state index contributed by atoms with van der Waals surface area (Å²) in [6, 6.07) is 0. The lowest BCUT2D eigenvalue weighted by molar-refractivity contribution is 0.783. The van der Waals surface area contributed by atoms with E-state index in [1.165, 1.54) is 0 Å². The highest BCUT2D eigenvalue weighted by molar-refractivity contribution is 4.80. The van der Waals surface area contributed by atoms with Gasteiger partial charge < -0.3 is 0 Å². The molecule has 0 aliphatic carbocycles. The van der Waals surface area contributed by atoms with Crippen molar-refractivity contribution in [2.75, 3.05) is 0 Å². The monoisotopic (exact) mass is 85.1 g/mol. The maximum Gasteiger partial charge on any atom is 0.0250 e. The van der Waals surface area contributed by atoms with Gasteiger partial charge in [-0.25, -0.2) is 0 Å². The van der Waals surface area contributed by atoms with Crippen LogP contribution in [-0.2, 0) is 0 Å². The molecular weight excluding hydrogens is 78.1 g/mol. The first-order chi connectivity index (χ1) is 2.77. The fraction of sp³-hybridized carbons (Fsp3) is 0.333. The molecule has 3 nitrogen and oxygen atoms in total. The molecule has 0 aromatic rings. The van der Waals surface area contributed by atoms with Gasteiger partial charge in [-0.2, -0.15) is 5.53 Å². The number of nitrogens with zero attached hydrogens (tertiary/aromatic N) is 1. The van der Waals surface area contributed by atoms with Crippen molar-refractivity contribution >= 4 is 0 Å². The minimum atomic E-state index is 0.685. The molecule has 3 heteroatoms. The molecule has 0 saturated carbocycles. The van der Waals surface area contributed by atoms with E-state index in [1.54, 1.807) is 6.92 Å². The Hall–Kier alpha value is -0.860. The van der Waals surface area contributed by atoms with Crippen LogP contribution in [0, 0.1) is 5.53 Å². The molecular formula is C3H7N3. The quantitative estimate of drug-likeness (QED) is 0.382. The van der Waals surface area contributed by atoms with Crippen LogP contribution in [0.4, 0.5) is 0 Å². The second-order valence-electron chi connectivity index (χ2n) is 1.00. The Labute approximate surface area is 36.5 Å². The minimum Gasteiger partial charge on any atom is -0.265 e. The van der Waals surface area contributed by atoms with E-state index >= 15 is 0 Å². The zero-order valence-corrected chi connectivity index (χ0v) is 3.65. The van der Waals surface area contributed by atoms with Crippen LogP contribution in [-0.4, -0.2) is 0 Å². The van der Waals surface area contributed by atoms with E-state index in [1.807, 2.05) is 0 Å². The molecule has 0 saturated heterocycles. The summed E-state index contributed by atoms with van der Waals surface area (Å²) in [5, 5.41) is 2.84. The number of hydrogen-bond acceptors (Lipinski definition) is 2. The van der Waals surface area contributed by atoms with E-state index in [4.69, 9.17) is 5.53 Å². The molecule has 0 spiro atoms. The summed E-state index contributed by atoms with van der Waals surface area (Å²) in [5.74, 6) is 0. The Balaban J connectivity index is 3.05. The van der Waals surface area contributed by atoms with Gasteiger partial charge in [0.05, 0.1) is 0 Å². The third-order valence-electron chi connectivity index (χ3n) is 0.247. The zero-order valence-electron chi connectivity index (χ0n) is 3.65. The molecule has 0 atom stereocenters. The molecule has 0 aromatic heterocycles. The van der Waals surface area contributed by atoms with Crippen molar-refractivity contribution in [1.29, 1.82) is 5.53 Å². The van der Waals surface area contributed by atoms with Crippen molar-refractivity contribution in [3.05, 3.63) is 12.3 Å². The van der Waals surface area contributed by atoms with Gasteiger partial charge in [0.25, 0.3) is 0 Å². The van der Waals surface area contributed by atoms with Gasteiger partial charge in [0, 0.05) is 5.70 Å². The highest BCUT2D eigenvalue weighted by Crippen LogP contribution is 1.73. The fourth-order valence-electron chi connectivity index (χ4n) is 0.0954. The van der Waals surface area contributed by atoms with Crippen LogP contribution < -0.4 is 5.43 Å². The lowest BCUT2D eigenvalue weighted by atomic mass is 10.6. The molecule has 0 rings (SSSR count). The number of nitrogens with one attached hydrogen (secondary N) is 2. The average Bonchev–Trinajstić information content (AvgIpc) is 1.35. The Kier molecular flexibility index (Phi) is 2.04. The molecule has 0 bridgehead atoms. The maximum atomic E-state index is 6.19. The molecule has 0 heterocycles. The standard InChI is InChI=1S/C3H7N3/c1-3(2)5-6-4/h1H2,2H3,(H2,4,5). The Morgan fingerprint density at radius 2 is 2.50 bits per heavy atom. The van der Waals surface area contributed by atoms with Crippen LogP contribution in [0.5, 0.6) is 0 Å². The first-order valence-corrected chi connectivity index (χ1v) is 1.55. The molecule has 2 N–H and O–H groups in total. The van der Waals surface area contributed by atoms with E-state index in [-0.39, 0.29) is 0 Å². The van der Waals surface area contributed by atoms with Crippen molar-refractivity contribution in [3.8, 4) is 0 Å². The van der Waals surface area contributed by atoms with Crippen LogP contribution in [0.3, 0.4) is 0 Å². The van der Waals surface area contributed by atoms with Gasteiger partial charge in [0.15, 0.2) is 0 Å². The second kappa shape index (κ2) is 2.38. The SMILES string of the molecule is C=C(C)NN=N. The fourth-order valence-corrected chi connectivity index (χ4v) is 0.0954. The molecule has 0 radical (unpaired) electrons. The van der Waals surface area contributed by atoms with E-state index in [0.29, 0.717) is 5.70 Å². The molecule has 6 heavy (non-hydrogen) atoms. The Morgan fingerprint density at radius 1 is 2.00 bits per heavy atom. The van der Waals surface area contributed by atoms with Gasteiger partial charge in [0.2, 0.25) is 0 Å². The summed E-state index contributed by atoms with van der Waals surface area (Å²) in [6.07, 6.45) is 0. The average molecular weight is 85.1 g/mol. The summed E-state index contributed by atoms with van der Waals surface area (Å²) < 4.78 is 0. The summed E-state index contributed by atoms with van der Waals surface area (Å²) in [6.45, 7) is 5.15. The lowest BCUT2D eigenvalue weighted by Crippen LogP contribution is -1.95. The predicted molar refractivity (Wildman–Crippen MR) is 23.1 cm³/mol. The Morgan fingerprint density at radius 3 is 2.50 bits per heavy atom. The highest BCUT2D eigenvalue weighted by Gasteiger charge is 1.68. The van der Waals surface area contributed by atoms with Gasteiger partial charge in [-0.1, -0.05) is 11.8 Å². The molecule has 34 valence electrons. The van der Waals surface area contributed by atoms with Crippen LogP contribution in [0.2, 0.25) is 0 Å². The molecule has 0 unspecified atom stereocenters. The highest BCUT2D eigenvalue weighted by atomic mass is 15.4. The molecule has 0 aromatic carbocycles. The van der Waals surface area contributed by atoms with Crippen molar-refractivity contribution < 1.29 is 0 Å². The largest absolute Gasteiger partial charge is 0.265 e. The van der Waals surface area contributed by atoms with Gasteiger partial charge in [-0.3, -0.25) is 5.43 Å². The van der Waals surface area contributed by atoms with Gasteiger partial charge >= 0.3 is 0 Å². The summed E-state index contributed by atoms with van der Waals surface area (Å²) in [7, 11) is 0. The summed E-state index contributed by atoms with van der Waals surface area (Å²) in [4.78, 5) is 0. The van der Waals surface area contributed by atoms with Crippen molar-refractivity contribution in [2.24, 2.45) is 5.22 Å². The number of hydrogen-bond donors (Lipinski definition) is 2. The first-order valence-electron chi connectivity index (χ1n) is 1.55. The van der Waals surface area contributed by atoms with E-state index < -0.39 is 0 Å². The minimum absolute atomic E-state index is 0.685. The normalized spacial score (nSPS) is 6.83. The topological polar surface area (TPSA) is 48.2 Å². The van der Waals surface area contributed by atoms with Crippen LogP contribution in [0.1, 0.15) is 6.92 Å². The van der Waals surface area contributed by atoms with Crippen LogP contribution in [0.15, 0.2) is 17.5 Å². The van der Waals surface area contributed by atoms with Gasteiger partial charge in [0.1, 0.15) is 0 Å². The van der Waals surface area contributed by atoms with Gasteiger partial charge in [-0.15, -0.1) is 0 Å². The third-order valence-corrected chi connectivity index (χ3v) is 0.247. The summed E-state index contributed by atoms with van der Waals surface area (Å²) >= 11 is 0. The predicted octanol–water partition coefficient (Wildman–Crippen LogP) is 1.06. The lowest BCUT2D eigenvalue weighted by Gasteiger charge is -1.87. The smallest absolute Gasteiger partial charge is 0.0250 e. The van der Waals surface area contributed by atoms with Crippen LogP contribution >= 0.6 is 0 Å². The van der Waals surface area contributed by atoms with Crippen LogP contribution in [0.25, 0.3) is 0 Å². The number of allylic oxidation sites excluding steroid dienone is 1. The molecule has 0 aliphatic heterocycles. The zero-order chi connectivity index (χ0) is 4.99. The third kappa shape index (κ3) is 3.14. The summed E-state index contributed by atoms with van der Waals surface area (Å²) in [5.41, 5.74) is 9.18. The van der Waals surface area contributed by atoms with Crippen molar-refractivity contribution in [2.45, 2.75) is 6.92 Å². The first kappa shape index (κ1) is 5.14. The van der Waals surface area contributed by atoms with E-state index in [0.717, 1.165) is 0 Å². The van der Waals surface area contributed by atoms with Crippen molar-refractivity contribution in [3.63, 3.8) is 0 Å². The number of rotatable bonds is 2. The van der Waals surface area contributed by atoms with E-state index in [2.05, 4.69) is 17.2 Å². The second-order valence-corrected chi connectivity index (χ2v) is 1.00. The molecule has 0 fully saturated rings. The Bertz CT molecular complexity index is 66.4. The van der Waals surface area contributed by atoms with E-state index in [9.17, 15) is 0 Å². The molecule has 0 amide bonds. The van der Waals surface area contributed by atoms with Gasteiger partial charge in [-0.05, 0) is 6.92 Å².